The molecule has 0 spiro atoms. The highest BCUT2D eigenvalue weighted by atomic mass is 16.5. The predicted octanol–water partition coefficient (Wildman–Crippen LogP) is 4.43. The summed E-state index contributed by atoms with van der Waals surface area (Å²) in [5.41, 5.74) is 1.59. The van der Waals surface area contributed by atoms with Gasteiger partial charge in [-0.25, -0.2) is 4.98 Å². The number of aryl methyl sites for hydroxylation is 1. The molecule has 0 aliphatic heterocycles. The van der Waals surface area contributed by atoms with Crippen LogP contribution < -0.4 is 10.1 Å². The van der Waals surface area contributed by atoms with Crippen LogP contribution in [0, 0.1) is 6.92 Å². The average Bonchev–Trinajstić information content (AvgIpc) is 2.56. The first-order valence-corrected chi connectivity index (χ1v) is 7.28. The van der Waals surface area contributed by atoms with E-state index in [1.807, 2.05) is 49.4 Å². The van der Waals surface area contributed by atoms with E-state index in [0.29, 0.717) is 17.1 Å². The van der Waals surface area contributed by atoms with Gasteiger partial charge in [0, 0.05) is 11.8 Å². The zero-order valence-electron chi connectivity index (χ0n) is 12.7. The lowest BCUT2D eigenvalue weighted by molar-refractivity contribution is 0.102. The number of benzene rings is 2. The smallest absolute Gasteiger partial charge is 0.256 e. The normalized spacial score (nSPS) is 10.1. The molecule has 0 unspecified atom stereocenters. The Balaban J connectivity index is 1.68. The summed E-state index contributed by atoms with van der Waals surface area (Å²) in [6, 6.07) is 20.2. The summed E-state index contributed by atoms with van der Waals surface area (Å²) in [4.78, 5) is 16.3. The van der Waals surface area contributed by atoms with Gasteiger partial charge in [-0.05, 0) is 61.0 Å². The summed E-state index contributed by atoms with van der Waals surface area (Å²) in [7, 11) is 0. The third-order valence-electron chi connectivity index (χ3n) is 3.25. The van der Waals surface area contributed by atoms with E-state index < -0.39 is 0 Å². The molecule has 23 heavy (non-hydrogen) atoms. The summed E-state index contributed by atoms with van der Waals surface area (Å²) >= 11 is 0. The second-order valence-corrected chi connectivity index (χ2v) is 5.11. The SMILES string of the molecule is Cc1ccnc(NC(=O)c2ccc(Oc3ccccc3)cc2)c1. The van der Waals surface area contributed by atoms with E-state index in [9.17, 15) is 4.79 Å². The van der Waals surface area contributed by atoms with Crippen LogP contribution in [0.1, 0.15) is 15.9 Å². The first-order valence-electron chi connectivity index (χ1n) is 7.28. The Bertz CT molecular complexity index is 799. The van der Waals surface area contributed by atoms with E-state index in [1.165, 1.54) is 0 Å². The van der Waals surface area contributed by atoms with Crippen molar-refractivity contribution in [3.63, 3.8) is 0 Å². The maximum atomic E-state index is 12.2. The van der Waals surface area contributed by atoms with Crippen LogP contribution in [0.4, 0.5) is 5.82 Å². The van der Waals surface area contributed by atoms with Crippen LogP contribution in [-0.4, -0.2) is 10.9 Å². The Kier molecular flexibility index (Phi) is 4.34. The minimum absolute atomic E-state index is 0.200. The van der Waals surface area contributed by atoms with Crippen molar-refractivity contribution in [3.8, 4) is 11.5 Å². The van der Waals surface area contributed by atoms with Crippen molar-refractivity contribution < 1.29 is 9.53 Å². The molecule has 1 amide bonds. The highest BCUT2D eigenvalue weighted by Gasteiger charge is 2.07. The molecule has 0 fully saturated rings. The van der Waals surface area contributed by atoms with Crippen LogP contribution in [0.3, 0.4) is 0 Å². The fourth-order valence-electron chi connectivity index (χ4n) is 2.09. The summed E-state index contributed by atoms with van der Waals surface area (Å²) in [5, 5.41) is 2.78. The molecule has 0 radical (unpaired) electrons. The van der Waals surface area contributed by atoms with Gasteiger partial charge in [-0.3, -0.25) is 4.79 Å². The van der Waals surface area contributed by atoms with Crippen LogP contribution in [0.5, 0.6) is 11.5 Å². The van der Waals surface area contributed by atoms with Gasteiger partial charge in [-0.15, -0.1) is 0 Å². The van der Waals surface area contributed by atoms with E-state index in [-0.39, 0.29) is 5.91 Å². The molecule has 3 aromatic rings. The molecule has 0 bridgehead atoms. The minimum Gasteiger partial charge on any atom is -0.457 e. The van der Waals surface area contributed by atoms with Crippen molar-refractivity contribution >= 4 is 11.7 Å². The van der Waals surface area contributed by atoms with Crippen molar-refractivity contribution in [1.82, 2.24) is 4.98 Å². The third-order valence-corrected chi connectivity index (χ3v) is 3.25. The number of carbonyl (C=O) groups excluding carboxylic acids is 1. The lowest BCUT2D eigenvalue weighted by Crippen LogP contribution is -2.12. The van der Waals surface area contributed by atoms with Gasteiger partial charge in [-0.1, -0.05) is 18.2 Å². The van der Waals surface area contributed by atoms with Gasteiger partial charge in [0.2, 0.25) is 0 Å². The van der Waals surface area contributed by atoms with Gasteiger partial charge in [0.25, 0.3) is 5.91 Å². The van der Waals surface area contributed by atoms with Gasteiger partial charge in [0.15, 0.2) is 0 Å². The van der Waals surface area contributed by atoms with Crippen LogP contribution in [0.2, 0.25) is 0 Å². The molecule has 114 valence electrons. The fraction of sp³-hybridized carbons (Fsp3) is 0.0526. The Morgan fingerprint density at radius 3 is 2.35 bits per heavy atom. The number of amides is 1. The van der Waals surface area contributed by atoms with Crippen molar-refractivity contribution in [3.05, 3.63) is 84.1 Å². The van der Waals surface area contributed by atoms with E-state index >= 15 is 0 Å². The molecule has 0 aliphatic carbocycles. The van der Waals surface area contributed by atoms with E-state index in [1.54, 1.807) is 30.5 Å². The molecule has 2 aromatic carbocycles. The van der Waals surface area contributed by atoms with Crippen molar-refractivity contribution in [2.75, 3.05) is 5.32 Å². The van der Waals surface area contributed by atoms with Gasteiger partial charge in [0.05, 0.1) is 0 Å². The monoisotopic (exact) mass is 304 g/mol. The highest BCUT2D eigenvalue weighted by Crippen LogP contribution is 2.21. The molecule has 0 atom stereocenters. The Morgan fingerprint density at radius 2 is 1.65 bits per heavy atom. The number of hydrogen-bond acceptors (Lipinski definition) is 3. The number of rotatable bonds is 4. The van der Waals surface area contributed by atoms with E-state index in [2.05, 4.69) is 10.3 Å². The molecule has 4 heteroatoms. The largest absolute Gasteiger partial charge is 0.457 e. The second-order valence-electron chi connectivity index (χ2n) is 5.11. The zero-order chi connectivity index (χ0) is 16.1. The zero-order valence-corrected chi connectivity index (χ0v) is 12.7. The van der Waals surface area contributed by atoms with E-state index in [4.69, 9.17) is 4.74 Å². The highest BCUT2D eigenvalue weighted by molar-refractivity contribution is 6.03. The molecular formula is C19H16N2O2. The quantitative estimate of drug-likeness (QED) is 0.775. The van der Waals surface area contributed by atoms with Gasteiger partial charge < -0.3 is 10.1 Å². The number of aromatic nitrogens is 1. The topological polar surface area (TPSA) is 51.2 Å². The first-order chi connectivity index (χ1) is 11.2. The Morgan fingerprint density at radius 1 is 0.957 bits per heavy atom. The van der Waals surface area contributed by atoms with Gasteiger partial charge in [-0.2, -0.15) is 0 Å². The van der Waals surface area contributed by atoms with E-state index in [0.717, 1.165) is 11.3 Å². The lowest BCUT2D eigenvalue weighted by Gasteiger charge is -2.07. The molecule has 0 saturated heterocycles. The van der Waals surface area contributed by atoms with Crippen LogP contribution in [0.15, 0.2) is 72.9 Å². The van der Waals surface area contributed by atoms with Crippen molar-refractivity contribution in [2.24, 2.45) is 0 Å². The van der Waals surface area contributed by atoms with Crippen molar-refractivity contribution in [2.45, 2.75) is 6.92 Å². The van der Waals surface area contributed by atoms with Crippen molar-refractivity contribution in [1.29, 1.82) is 0 Å². The molecular weight excluding hydrogens is 288 g/mol. The second kappa shape index (κ2) is 6.75. The minimum atomic E-state index is -0.200. The summed E-state index contributed by atoms with van der Waals surface area (Å²) in [6.07, 6.45) is 1.67. The van der Waals surface area contributed by atoms with Crippen LogP contribution >= 0.6 is 0 Å². The molecule has 4 nitrogen and oxygen atoms in total. The summed E-state index contributed by atoms with van der Waals surface area (Å²) in [6.45, 7) is 1.95. The van der Waals surface area contributed by atoms with Gasteiger partial charge >= 0.3 is 0 Å². The van der Waals surface area contributed by atoms with Crippen LogP contribution in [-0.2, 0) is 0 Å². The predicted molar refractivity (Wildman–Crippen MR) is 89.9 cm³/mol. The summed E-state index contributed by atoms with van der Waals surface area (Å²) in [5.74, 6) is 1.78. The number of hydrogen-bond donors (Lipinski definition) is 1. The molecule has 1 heterocycles. The standard InChI is InChI=1S/C19H16N2O2/c1-14-11-12-20-18(13-14)21-19(22)15-7-9-17(10-8-15)23-16-5-3-2-4-6-16/h2-13H,1H3,(H,20,21,22). The number of ether oxygens (including phenoxy) is 1. The number of nitrogens with one attached hydrogen (secondary N) is 1. The average molecular weight is 304 g/mol. The van der Waals surface area contributed by atoms with Gasteiger partial charge in [0.1, 0.15) is 17.3 Å². The number of para-hydroxylation sites is 1. The third kappa shape index (κ3) is 3.95. The number of nitrogens with zero attached hydrogens (tertiary/aromatic N) is 1. The maximum absolute atomic E-state index is 12.2. The fourth-order valence-corrected chi connectivity index (χ4v) is 2.09. The molecule has 3 rings (SSSR count). The number of anilines is 1. The summed E-state index contributed by atoms with van der Waals surface area (Å²) < 4.78 is 5.70. The molecule has 0 saturated carbocycles. The van der Waals surface area contributed by atoms with Crippen LogP contribution in [0.25, 0.3) is 0 Å². The molecule has 1 N–H and O–H groups in total. The molecule has 0 aliphatic rings. The molecule has 1 aromatic heterocycles. The number of carbonyl (C=O) groups is 1. The Hall–Kier alpha value is -3.14. The lowest BCUT2D eigenvalue weighted by atomic mass is 10.2. The maximum Gasteiger partial charge on any atom is 0.256 e. The first kappa shape index (κ1) is 14.8. The Labute approximate surface area is 134 Å². The number of pyridine rings is 1.